The summed E-state index contributed by atoms with van der Waals surface area (Å²) in [6, 6.07) is 13.0. The lowest BCUT2D eigenvalue weighted by atomic mass is 9.89. The summed E-state index contributed by atoms with van der Waals surface area (Å²) in [5, 5.41) is 21.9. The molecule has 134 valence electrons. The molecule has 0 radical (unpaired) electrons. The molecule has 2 amide bonds. The van der Waals surface area contributed by atoms with Crippen molar-refractivity contribution in [1.82, 2.24) is 19.9 Å². The summed E-state index contributed by atoms with van der Waals surface area (Å²) < 4.78 is 1.68. The molecule has 26 heavy (non-hydrogen) atoms. The van der Waals surface area contributed by atoms with Crippen LogP contribution < -0.4 is 5.32 Å². The topological polar surface area (TPSA) is 83.3 Å². The number of carbonyl (C=O) groups excluding carboxylic acids is 1. The molecule has 4 rings (SSSR count). The average molecular weight is 351 g/mol. The Kier molecular flexibility index (Phi) is 3.88. The van der Waals surface area contributed by atoms with Crippen molar-refractivity contribution in [2.24, 2.45) is 7.05 Å². The van der Waals surface area contributed by atoms with Gasteiger partial charge in [-0.15, -0.1) is 5.10 Å². The van der Waals surface area contributed by atoms with Gasteiger partial charge in [-0.05, 0) is 42.7 Å². The maximum absolute atomic E-state index is 12.6. The van der Waals surface area contributed by atoms with E-state index >= 15 is 0 Å². The molecule has 2 N–H and O–H groups in total. The molecule has 1 atom stereocenters. The van der Waals surface area contributed by atoms with Gasteiger partial charge in [0, 0.05) is 19.3 Å². The Morgan fingerprint density at radius 2 is 2.08 bits per heavy atom. The summed E-state index contributed by atoms with van der Waals surface area (Å²) in [5.74, 6) is 0. The number of nitrogens with one attached hydrogen (secondary N) is 1. The van der Waals surface area contributed by atoms with E-state index in [2.05, 4.69) is 15.6 Å². The minimum absolute atomic E-state index is 0.224. The molecular formula is C19H21N5O2. The molecule has 1 unspecified atom stereocenters. The highest BCUT2D eigenvalue weighted by atomic mass is 16.3. The van der Waals surface area contributed by atoms with E-state index in [0.717, 1.165) is 22.2 Å². The van der Waals surface area contributed by atoms with Crippen molar-refractivity contribution < 1.29 is 9.90 Å². The van der Waals surface area contributed by atoms with Gasteiger partial charge in [-0.1, -0.05) is 29.5 Å². The predicted molar refractivity (Wildman–Crippen MR) is 98.8 cm³/mol. The molecule has 1 saturated heterocycles. The lowest BCUT2D eigenvalue weighted by Gasteiger charge is -2.25. The molecule has 1 aromatic heterocycles. The Morgan fingerprint density at radius 3 is 2.88 bits per heavy atom. The first-order valence-corrected chi connectivity index (χ1v) is 8.60. The number of likely N-dealkylation sites (tertiary alicyclic amines) is 1. The van der Waals surface area contributed by atoms with Crippen molar-refractivity contribution in [3.8, 4) is 0 Å². The van der Waals surface area contributed by atoms with Crippen LogP contribution >= 0.6 is 0 Å². The fourth-order valence-electron chi connectivity index (χ4n) is 3.60. The third-order valence-corrected chi connectivity index (χ3v) is 5.04. The molecule has 2 heterocycles. The van der Waals surface area contributed by atoms with E-state index < -0.39 is 5.60 Å². The highest BCUT2D eigenvalue weighted by Crippen LogP contribution is 2.34. The number of fused-ring (bicyclic) bond motifs is 1. The summed E-state index contributed by atoms with van der Waals surface area (Å²) in [4.78, 5) is 14.3. The predicted octanol–water partition coefficient (Wildman–Crippen LogP) is 2.40. The van der Waals surface area contributed by atoms with E-state index in [0.29, 0.717) is 18.7 Å². The van der Waals surface area contributed by atoms with Crippen LogP contribution in [-0.4, -0.2) is 44.1 Å². The van der Waals surface area contributed by atoms with Gasteiger partial charge in [0.15, 0.2) is 0 Å². The smallest absolute Gasteiger partial charge is 0.321 e. The maximum atomic E-state index is 12.6. The molecule has 7 heteroatoms. The minimum Gasteiger partial charge on any atom is -0.383 e. The number of aryl methyl sites for hydroxylation is 2. The minimum atomic E-state index is -1.00. The molecule has 0 saturated carbocycles. The summed E-state index contributed by atoms with van der Waals surface area (Å²) >= 11 is 0. The number of hydrogen-bond acceptors (Lipinski definition) is 4. The second-order valence-corrected chi connectivity index (χ2v) is 6.86. The van der Waals surface area contributed by atoms with Gasteiger partial charge in [0.05, 0.1) is 12.1 Å². The molecule has 1 aliphatic rings. The van der Waals surface area contributed by atoms with Crippen LogP contribution in [0.3, 0.4) is 0 Å². The van der Waals surface area contributed by atoms with Gasteiger partial charge < -0.3 is 15.3 Å². The second kappa shape index (κ2) is 6.10. The van der Waals surface area contributed by atoms with Gasteiger partial charge in [0.2, 0.25) is 0 Å². The third kappa shape index (κ3) is 2.80. The van der Waals surface area contributed by atoms with E-state index in [1.54, 1.807) is 15.6 Å². The number of aliphatic hydroxyl groups is 1. The van der Waals surface area contributed by atoms with E-state index in [1.807, 2.05) is 50.4 Å². The first-order chi connectivity index (χ1) is 12.5. The molecule has 1 aliphatic heterocycles. The summed E-state index contributed by atoms with van der Waals surface area (Å²) in [6.45, 7) is 2.76. The number of β-amino-alcohol motifs (C(OH)–C–C–N with tert-alkyl or cyclic N) is 1. The van der Waals surface area contributed by atoms with Crippen LogP contribution in [-0.2, 0) is 12.6 Å². The fraction of sp³-hybridized carbons (Fsp3) is 0.316. The first-order valence-electron chi connectivity index (χ1n) is 8.60. The van der Waals surface area contributed by atoms with Crippen molar-refractivity contribution in [2.75, 3.05) is 18.4 Å². The van der Waals surface area contributed by atoms with Crippen LogP contribution in [0.4, 0.5) is 10.5 Å². The van der Waals surface area contributed by atoms with E-state index in [-0.39, 0.29) is 12.6 Å². The van der Waals surface area contributed by atoms with Crippen LogP contribution in [0.2, 0.25) is 0 Å². The van der Waals surface area contributed by atoms with Gasteiger partial charge in [-0.2, -0.15) is 0 Å². The number of aromatic nitrogens is 3. The largest absolute Gasteiger partial charge is 0.383 e. The van der Waals surface area contributed by atoms with Crippen LogP contribution in [0.1, 0.15) is 17.5 Å². The summed E-state index contributed by atoms with van der Waals surface area (Å²) in [6.07, 6.45) is 0.522. The Labute approximate surface area is 151 Å². The van der Waals surface area contributed by atoms with Gasteiger partial charge >= 0.3 is 6.03 Å². The Bertz CT molecular complexity index is 983. The lowest BCUT2D eigenvalue weighted by Crippen LogP contribution is -2.37. The lowest BCUT2D eigenvalue weighted by molar-refractivity contribution is 0.0494. The molecule has 7 nitrogen and oxygen atoms in total. The van der Waals surface area contributed by atoms with Gasteiger partial charge in [0.1, 0.15) is 11.1 Å². The second-order valence-electron chi connectivity index (χ2n) is 6.86. The number of nitrogens with zero attached hydrogens (tertiary/aromatic N) is 4. The Balaban J connectivity index is 1.49. The Hall–Kier alpha value is -2.93. The quantitative estimate of drug-likeness (QED) is 0.743. The number of urea groups is 1. The van der Waals surface area contributed by atoms with Crippen LogP contribution in [0.5, 0.6) is 0 Å². The number of benzene rings is 2. The maximum Gasteiger partial charge on any atom is 0.321 e. The number of hydrogen-bond donors (Lipinski definition) is 2. The zero-order valence-corrected chi connectivity index (χ0v) is 14.8. The molecular weight excluding hydrogens is 330 g/mol. The SMILES string of the molecule is Cc1ccccc1C1(O)CCN(C(=O)Nc2ccc3c(c2)nnn3C)C1. The summed E-state index contributed by atoms with van der Waals surface area (Å²) in [5.41, 5.74) is 3.20. The number of rotatable bonds is 2. The van der Waals surface area contributed by atoms with E-state index in [9.17, 15) is 9.90 Å². The normalized spacial score (nSPS) is 19.9. The number of anilines is 1. The van der Waals surface area contributed by atoms with Crippen molar-refractivity contribution in [2.45, 2.75) is 18.9 Å². The molecule has 3 aromatic rings. The molecule has 0 spiro atoms. The fourth-order valence-corrected chi connectivity index (χ4v) is 3.60. The molecule has 1 fully saturated rings. The molecule has 0 aliphatic carbocycles. The highest BCUT2D eigenvalue weighted by molar-refractivity contribution is 5.92. The zero-order chi connectivity index (χ0) is 18.3. The highest BCUT2D eigenvalue weighted by Gasteiger charge is 2.40. The standard InChI is InChI=1S/C19H21N5O2/c1-13-5-3-4-6-15(13)19(26)9-10-24(12-19)18(25)20-14-7-8-17-16(11-14)21-22-23(17)2/h3-8,11,26H,9-10,12H2,1-2H3,(H,20,25). The van der Waals surface area contributed by atoms with Crippen molar-refractivity contribution >= 4 is 22.8 Å². The monoisotopic (exact) mass is 351 g/mol. The van der Waals surface area contributed by atoms with Gasteiger partial charge in [-0.3, -0.25) is 0 Å². The zero-order valence-electron chi connectivity index (χ0n) is 14.8. The third-order valence-electron chi connectivity index (χ3n) is 5.04. The number of amides is 2. The van der Waals surface area contributed by atoms with Gasteiger partial charge in [0.25, 0.3) is 0 Å². The van der Waals surface area contributed by atoms with Crippen LogP contribution in [0.15, 0.2) is 42.5 Å². The van der Waals surface area contributed by atoms with Crippen molar-refractivity contribution in [3.05, 3.63) is 53.6 Å². The van der Waals surface area contributed by atoms with E-state index in [4.69, 9.17) is 0 Å². The van der Waals surface area contributed by atoms with Gasteiger partial charge in [-0.25, -0.2) is 9.48 Å². The molecule has 2 aromatic carbocycles. The first kappa shape index (κ1) is 16.5. The van der Waals surface area contributed by atoms with Crippen molar-refractivity contribution in [1.29, 1.82) is 0 Å². The van der Waals surface area contributed by atoms with Crippen LogP contribution in [0, 0.1) is 6.92 Å². The summed E-state index contributed by atoms with van der Waals surface area (Å²) in [7, 11) is 1.82. The average Bonchev–Trinajstić information content (AvgIpc) is 3.19. The number of carbonyl (C=O) groups is 1. The Morgan fingerprint density at radius 1 is 1.27 bits per heavy atom. The van der Waals surface area contributed by atoms with Crippen LogP contribution in [0.25, 0.3) is 11.0 Å². The van der Waals surface area contributed by atoms with Crippen molar-refractivity contribution in [3.63, 3.8) is 0 Å². The van der Waals surface area contributed by atoms with E-state index in [1.165, 1.54) is 0 Å². The molecule has 0 bridgehead atoms.